The molecule has 0 aliphatic carbocycles. The summed E-state index contributed by atoms with van der Waals surface area (Å²) < 4.78 is 10.3. The first-order valence-electron chi connectivity index (χ1n) is 7.96. The average Bonchev–Trinajstić information content (AvgIpc) is 2.60. The maximum atomic E-state index is 11.8. The molecule has 5 nitrogen and oxygen atoms in total. The number of esters is 1. The van der Waals surface area contributed by atoms with Crippen LogP contribution in [0.5, 0.6) is 5.75 Å². The van der Waals surface area contributed by atoms with E-state index >= 15 is 0 Å². The van der Waals surface area contributed by atoms with Gasteiger partial charge in [-0.2, -0.15) is 0 Å². The van der Waals surface area contributed by atoms with Crippen molar-refractivity contribution >= 4 is 29.0 Å². The second kappa shape index (κ2) is 9.03. The fourth-order valence-corrected chi connectivity index (χ4v) is 2.26. The van der Waals surface area contributed by atoms with Crippen LogP contribution in [-0.2, 0) is 11.3 Å². The summed E-state index contributed by atoms with van der Waals surface area (Å²) in [5.41, 5.74) is 2.40. The van der Waals surface area contributed by atoms with Gasteiger partial charge in [0.15, 0.2) is 5.11 Å². The number of carbonyl (C=O) groups is 1. The van der Waals surface area contributed by atoms with Crippen molar-refractivity contribution in [3.05, 3.63) is 59.7 Å². The van der Waals surface area contributed by atoms with Crippen molar-refractivity contribution in [1.82, 2.24) is 5.32 Å². The number of carbonyl (C=O) groups excluding carboxylic acids is 1. The van der Waals surface area contributed by atoms with Crippen LogP contribution in [0.25, 0.3) is 0 Å². The number of benzene rings is 2. The molecule has 0 bridgehead atoms. The van der Waals surface area contributed by atoms with Gasteiger partial charge in [0.2, 0.25) is 0 Å². The van der Waals surface area contributed by atoms with Gasteiger partial charge in [0, 0.05) is 12.2 Å². The molecule has 132 valence electrons. The summed E-state index contributed by atoms with van der Waals surface area (Å²) in [5.74, 6) is 0.488. The number of hydrogen-bond donors (Lipinski definition) is 2. The molecule has 0 atom stereocenters. The largest absolute Gasteiger partial charge is 0.497 e. The molecule has 0 heterocycles. The van der Waals surface area contributed by atoms with Crippen LogP contribution >= 0.6 is 12.2 Å². The highest BCUT2D eigenvalue weighted by molar-refractivity contribution is 7.80. The third kappa shape index (κ3) is 6.08. The van der Waals surface area contributed by atoms with Gasteiger partial charge in [-0.1, -0.05) is 12.1 Å². The van der Waals surface area contributed by atoms with E-state index in [4.69, 9.17) is 21.7 Å². The Morgan fingerprint density at radius 2 is 1.72 bits per heavy atom. The van der Waals surface area contributed by atoms with E-state index in [9.17, 15) is 4.79 Å². The molecule has 0 spiro atoms. The van der Waals surface area contributed by atoms with Gasteiger partial charge in [0.25, 0.3) is 0 Å². The molecule has 0 saturated carbocycles. The zero-order chi connectivity index (χ0) is 18.2. The summed E-state index contributed by atoms with van der Waals surface area (Å²) in [5, 5.41) is 6.73. The van der Waals surface area contributed by atoms with Gasteiger partial charge in [0.1, 0.15) is 5.75 Å². The van der Waals surface area contributed by atoms with Gasteiger partial charge in [0.05, 0.1) is 18.8 Å². The van der Waals surface area contributed by atoms with Crippen LogP contribution in [0.1, 0.15) is 29.8 Å². The summed E-state index contributed by atoms with van der Waals surface area (Å²) in [7, 11) is 1.64. The van der Waals surface area contributed by atoms with E-state index in [1.807, 2.05) is 38.1 Å². The highest BCUT2D eigenvalue weighted by atomic mass is 32.1. The molecule has 2 N–H and O–H groups in total. The van der Waals surface area contributed by atoms with Crippen molar-refractivity contribution < 1.29 is 14.3 Å². The number of rotatable bonds is 6. The number of thiocarbonyl (C=S) groups is 1. The van der Waals surface area contributed by atoms with Crippen LogP contribution in [-0.4, -0.2) is 24.3 Å². The van der Waals surface area contributed by atoms with Gasteiger partial charge in [-0.05, 0) is 68.0 Å². The minimum atomic E-state index is -0.332. The van der Waals surface area contributed by atoms with E-state index in [0.29, 0.717) is 17.2 Å². The van der Waals surface area contributed by atoms with E-state index in [-0.39, 0.29) is 12.1 Å². The molecule has 0 radical (unpaired) electrons. The maximum Gasteiger partial charge on any atom is 0.338 e. The minimum absolute atomic E-state index is 0.139. The molecule has 2 rings (SSSR count). The Labute approximate surface area is 153 Å². The molecule has 0 fully saturated rings. The Bertz CT molecular complexity index is 712. The molecule has 6 heteroatoms. The van der Waals surface area contributed by atoms with Crippen LogP contribution in [0, 0.1) is 0 Å². The first-order chi connectivity index (χ1) is 12.0. The summed E-state index contributed by atoms with van der Waals surface area (Å²) >= 11 is 5.29. The lowest BCUT2D eigenvalue weighted by Gasteiger charge is -2.12. The standard InChI is InChI=1S/C19H22N2O3S/c1-13(2)24-18(22)15-6-8-16(9-7-15)21-19(25)20-12-14-4-10-17(23-3)11-5-14/h4-11,13H,12H2,1-3H3,(H2,20,21,25). The molecule has 0 aliphatic heterocycles. The number of hydrogen-bond acceptors (Lipinski definition) is 4. The lowest BCUT2D eigenvalue weighted by molar-refractivity contribution is 0.0378. The molecule has 0 aromatic heterocycles. The van der Waals surface area contributed by atoms with Crippen molar-refractivity contribution in [2.45, 2.75) is 26.5 Å². The van der Waals surface area contributed by atoms with Crippen molar-refractivity contribution in [1.29, 1.82) is 0 Å². The van der Waals surface area contributed by atoms with Crippen molar-refractivity contribution in [3.8, 4) is 5.75 Å². The number of ether oxygens (including phenoxy) is 2. The highest BCUT2D eigenvalue weighted by Crippen LogP contribution is 2.13. The predicted octanol–water partition coefficient (Wildman–Crippen LogP) is 3.75. The van der Waals surface area contributed by atoms with Crippen LogP contribution in [0.2, 0.25) is 0 Å². The zero-order valence-electron chi connectivity index (χ0n) is 14.5. The Morgan fingerprint density at radius 3 is 2.28 bits per heavy atom. The van der Waals surface area contributed by atoms with Gasteiger partial charge < -0.3 is 20.1 Å². The SMILES string of the molecule is COc1ccc(CNC(=S)Nc2ccc(C(=O)OC(C)C)cc2)cc1. The topological polar surface area (TPSA) is 59.6 Å². The molecular formula is C19H22N2O3S. The average molecular weight is 358 g/mol. The molecule has 0 saturated heterocycles. The van der Waals surface area contributed by atoms with Crippen LogP contribution < -0.4 is 15.4 Å². The van der Waals surface area contributed by atoms with Gasteiger partial charge >= 0.3 is 5.97 Å². The molecule has 25 heavy (non-hydrogen) atoms. The van der Waals surface area contributed by atoms with Crippen LogP contribution in [0.15, 0.2) is 48.5 Å². The first-order valence-corrected chi connectivity index (χ1v) is 8.37. The van der Waals surface area contributed by atoms with Gasteiger partial charge in [-0.15, -0.1) is 0 Å². The Balaban J connectivity index is 1.84. The Hall–Kier alpha value is -2.60. The molecule has 2 aromatic rings. The second-order valence-corrected chi connectivity index (χ2v) is 6.10. The number of anilines is 1. The lowest BCUT2D eigenvalue weighted by Crippen LogP contribution is -2.27. The molecule has 0 amide bonds. The Kier molecular flexibility index (Phi) is 6.77. The Morgan fingerprint density at radius 1 is 1.08 bits per heavy atom. The fraction of sp³-hybridized carbons (Fsp3) is 0.263. The van der Waals surface area contributed by atoms with Gasteiger partial charge in [-0.3, -0.25) is 0 Å². The van der Waals surface area contributed by atoms with E-state index in [1.165, 1.54) is 0 Å². The minimum Gasteiger partial charge on any atom is -0.497 e. The summed E-state index contributed by atoms with van der Waals surface area (Å²) in [4.78, 5) is 11.8. The molecular weight excluding hydrogens is 336 g/mol. The van der Waals surface area contributed by atoms with Crippen LogP contribution in [0.4, 0.5) is 5.69 Å². The first kappa shape index (κ1) is 18.7. The number of methoxy groups -OCH3 is 1. The highest BCUT2D eigenvalue weighted by Gasteiger charge is 2.09. The smallest absolute Gasteiger partial charge is 0.338 e. The molecule has 0 aliphatic rings. The summed E-state index contributed by atoms with van der Waals surface area (Å²) in [6.07, 6.45) is -0.139. The summed E-state index contributed by atoms with van der Waals surface area (Å²) in [6, 6.07) is 14.8. The quantitative estimate of drug-likeness (QED) is 0.606. The molecule has 2 aromatic carbocycles. The van der Waals surface area contributed by atoms with E-state index in [0.717, 1.165) is 17.0 Å². The predicted molar refractivity (Wildman–Crippen MR) is 103 cm³/mol. The van der Waals surface area contributed by atoms with Crippen LogP contribution in [0.3, 0.4) is 0 Å². The van der Waals surface area contributed by atoms with Crippen molar-refractivity contribution in [2.24, 2.45) is 0 Å². The molecule has 0 unspecified atom stereocenters. The maximum absolute atomic E-state index is 11.8. The van der Waals surface area contributed by atoms with E-state index in [2.05, 4.69) is 10.6 Å². The van der Waals surface area contributed by atoms with Crippen molar-refractivity contribution in [2.75, 3.05) is 12.4 Å². The fourth-order valence-electron chi connectivity index (χ4n) is 2.07. The monoisotopic (exact) mass is 358 g/mol. The zero-order valence-corrected chi connectivity index (χ0v) is 15.4. The van der Waals surface area contributed by atoms with Crippen molar-refractivity contribution in [3.63, 3.8) is 0 Å². The van der Waals surface area contributed by atoms with E-state index in [1.54, 1.807) is 31.4 Å². The lowest BCUT2D eigenvalue weighted by atomic mass is 10.2. The normalized spacial score (nSPS) is 10.2. The second-order valence-electron chi connectivity index (χ2n) is 5.69. The number of nitrogens with one attached hydrogen (secondary N) is 2. The third-order valence-electron chi connectivity index (χ3n) is 3.33. The van der Waals surface area contributed by atoms with E-state index < -0.39 is 0 Å². The van der Waals surface area contributed by atoms with Gasteiger partial charge in [-0.25, -0.2) is 4.79 Å². The summed E-state index contributed by atoms with van der Waals surface area (Å²) in [6.45, 7) is 4.25. The third-order valence-corrected chi connectivity index (χ3v) is 3.58.